The monoisotopic (exact) mass is 532 g/mol. The molecule has 2 aromatic carbocycles. The molecule has 0 radical (unpaired) electrons. The molecule has 0 amide bonds. The van der Waals surface area contributed by atoms with E-state index in [2.05, 4.69) is 32.2 Å². The van der Waals surface area contributed by atoms with E-state index in [0.29, 0.717) is 19.1 Å². The lowest BCUT2D eigenvalue weighted by molar-refractivity contribution is 0.0230. The number of aliphatic hydroxyl groups is 1. The van der Waals surface area contributed by atoms with Crippen LogP contribution in [-0.2, 0) is 11.3 Å². The van der Waals surface area contributed by atoms with Gasteiger partial charge in [-0.25, -0.2) is 9.50 Å². The lowest BCUT2D eigenvalue weighted by atomic mass is 10.1. The number of piperazine rings is 1. The average Bonchev–Trinajstić information content (AvgIpc) is 3.38. The average molecular weight is 533 g/mol. The van der Waals surface area contributed by atoms with Crippen LogP contribution < -0.4 is 14.8 Å². The number of methoxy groups -OCH3 is 3. The fourth-order valence-corrected chi connectivity index (χ4v) is 5.01. The second-order valence-corrected chi connectivity index (χ2v) is 9.68. The highest BCUT2D eigenvalue weighted by Crippen LogP contribution is 2.32. The zero-order chi connectivity index (χ0) is 27.2. The fourth-order valence-electron chi connectivity index (χ4n) is 5.01. The summed E-state index contributed by atoms with van der Waals surface area (Å²) in [5.74, 6) is 1.98. The second kappa shape index (κ2) is 12.4. The first-order valence-corrected chi connectivity index (χ1v) is 13.1. The number of para-hydroxylation sites is 1. The molecular weight excluding hydrogens is 496 g/mol. The van der Waals surface area contributed by atoms with Crippen LogP contribution in [0.15, 0.2) is 60.8 Å². The number of nitrogens with zero attached hydrogens (tertiary/aromatic N) is 5. The van der Waals surface area contributed by atoms with Crippen LogP contribution >= 0.6 is 0 Å². The highest BCUT2D eigenvalue weighted by molar-refractivity contribution is 5.72. The summed E-state index contributed by atoms with van der Waals surface area (Å²) in [6, 6.07) is 18.1. The van der Waals surface area contributed by atoms with Gasteiger partial charge in [-0.1, -0.05) is 18.2 Å². The largest absolute Gasteiger partial charge is 0.496 e. The predicted octanol–water partition coefficient (Wildman–Crippen LogP) is 3.28. The van der Waals surface area contributed by atoms with Gasteiger partial charge in [0, 0.05) is 51.9 Å². The Morgan fingerprint density at radius 1 is 0.923 bits per heavy atom. The molecule has 3 heterocycles. The molecule has 1 saturated heterocycles. The highest BCUT2D eigenvalue weighted by atomic mass is 16.5. The Kier molecular flexibility index (Phi) is 8.58. The van der Waals surface area contributed by atoms with E-state index in [1.165, 1.54) is 5.56 Å². The van der Waals surface area contributed by atoms with Gasteiger partial charge < -0.3 is 24.6 Å². The van der Waals surface area contributed by atoms with Crippen molar-refractivity contribution < 1.29 is 19.3 Å². The molecule has 1 unspecified atom stereocenters. The van der Waals surface area contributed by atoms with Gasteiger partial charge in [-0.3, -0.25) is 9.80 Å². The Morgan fingerprint density at radius 2 is 1.69 bits per heavy atom. The molecule has 10 nitrogen and oxygen atoms in total. The number of hydrogen-bond donors (Lipinski definition) is 2. The van der Waals surface area contributed by atoms with Gasteiger partial charge in [0.25, 0.3) is 0 Å². The van der Waals surface area contributed by atoms with Crippen LogP contribution in [-0.4, -0.2) is 96.3 Å². The molecule has 1 fully saturated rings. The number of aromatic nitrogens is 3. The molecule has 0 saturated carbocycles. The van der Waals surface area contributed by atoms with Crippen LogP contribution in [0.25, 0.3) is 16.8 Å². The van der Waals surface area contributed by atoms with E-state index in [-0.39, 0.29) is 0 Å². The van der Waals surface area contributed by atoms with Gasteiger partial charge in [0.15, 0.2) is 0 Å². The SMILES string of the molecule is COCC(O)CN1CCN(Cc2ccc(Nc3ncc4ccc(-c5ccccc5OC)n4n3)c(OC)c2)CC1. The normalized spacial score (nSPS) is 15.4. The summed E-state index contributed by atoms with van der Waals surface area (Å²) >= 11 is 0. The molecule has 206 valence electrons. The Balaban J connectivity index is 1.27. The zero-order valence-corrected chi connectivity index (χ0v) is 22.7. The molecule has 39 heavy (non-hydrogen) atoms. The van der Waals surface area contributed by atoms with E-state index >= 15 is 0 Å². The summed E-state index contributed by atoms with van der Waals surface area (Å²) < 4.78 is 18.2. The molecule has 0 spiro atoms. The van der Waals surface area contributed by atoms with Crippen LogP contribution in [0.1, 0.15) is 5.56 Å². The van der Waals surface area contributed by atoms with Crippen molar-refractivity contribution in [1.29, 1.82) is 0 Å². The maximum absolute atomic E-state index is 10.0. The minimum absolute atomic E-state index is 0.369. The van der Waals surface area contributed by atoms with E-state index in [9.17, 15) is 5.11 Å². The van der Waals surface area contributed by atoms with E-state index in [1.54, 1.807) is 27.5 Å². The smallest absolute Gasteiger partial charge is 0.245 e. The molecule has 10 heteroatoms. The van der Waals surface area contributed by atoms with Crippen LogP contribution in [0, 0.1) is 0 Å². The maximum Gasteiger partial charge on any atom is 0.245 e. The summed E-state index contributed by atoms with van der Waals surface area (Å²) in [4.78, 5) is 9.22. The van der Waals surface area contributed by atoms with Crippen molar-refractivity contribution in [2.24, 2.45) is 0 Å². The Morgan fingerprint density at radius 3 is 2.46 bits per heavy atom. The lowest BCUT2D eigenvalue weighted by Crippen LogP contribution is -2.48. The number of rotatable bonds is 11. The van der Waals surface area contributed by atoms with Gasteiger partial charge in [0.2, 0.25) is 5.95 Å². The molecule has 5 rings (SSSR count). The molecule has 4 aromatic rings. The number of anilines is 2. The number of nitrogens with one attached hydrogen (secondary N) is 1. The topological polar surface area (TPSA) is 96.6 Å². The standard InChI is InChI=1S/C29H36N6O4/c1-37-20-23(36)19-34-14-12-33(13-15-34)18-21-8-10-25(28(16-21)39-3)31-29-30-17-22-9-11-26(35(22)32-29)24-6-4-5-7-27(24)38-2/h4-11,16-17,23,36H,12-15,18-20H2,1-3H3,(H,31,32). The number of ether oxygens (including phenoxy) is 3. The third-order valence-corrected chi connectivity index (χ3v) is 6.99. The van der Waals surface area contributed by atoms with Crippen molar-refractivity contribution >= 4 is 17.2 Å². The van der Waals surface area contributed by atoms with Crippen molar-refractivity contribution in [3.8, 4) is 22.8 Å². The maximum atomic E-state index is 10.0. The van der Waals surface area contributed by atoms with Gasteiger partial charge >= 0.3 is 0 Å². The predicted molar refractivity (Wildman–Crippen MR) is 151 cm³/mol. The number of hydrogen-bond acceptors (Lipinski definition) is 9. The van der Waals surface area contributed by atoms with Gasteiger partial charge in [0.1, 0.15) is 11.5 Å². The molecule has 1 aliphatic heterocycles. The third-order valence-electron chi connectivity index (χ3n) is 6.99. The van der Waals surface area contributed by atoms with Crippen molar-refractivity contribution in [1.82, 2.24) is 24.4 Å². The summed E-state index contributed by atoms with van der Waals surface area (Å²) in [6.45, 7) is 5.59. The molecule has 0 aliphatic carbocycles. The molecule has 2 N–H and O–H groups in total. The minimum Gasteiger partial charge on any atom is -0.496 e. The van der Waals surface area contributed by atoms with Gasteiger partial charge in [-0.15, -0.1) is 5.10 Å². The van der Waals surface area contributed by atoms with E-state index < -0.39 is 6.10 Å². The summed E-state index contributed by atoms with van der Waals surface area (Å²) in [6.07, 6.45) is 1.35. The molecule has 2 aromatic heterocycles. The first-order valence-electron chi connectivity index (χ1n) is 13.1. The number of benzene rings is 2. The molecule has 1 atom stereocenters. The quantitative estimate of drug-likeness (QED) is 0.302. The highest BCUT2D eigenvalue weighted by Gasteiger charge is 2.20. The van der Waals surface area contributed by atoms with Crippen LogP contribution in [0.5, 0.6) is 11.5 Å². The van der Waals surface area contributed by atoms with Crippen LogP contribution in [0.2, 0.25) is 0 Å². The van der Waals surface area contributed by atoms with Crippen molar-refractivity contribution in [2.45, 2.75) is 12.6 Å². The number of aliphatic hydroxyl groups excluding tert-OH is 1. The third kappa shape index (κ3) is 6.31. The van der Waals surface area contributed by atoms with E-state index in [4.69, 9.17) is 19.3 Å². The minimum atomic E-state index is -0.444. The number of β-amino-alcohol motifs (C(OH)–C–C–N with tert-alkyl or cyclic N) is 1. The number of fused-ring (bicyclic) bond motifs is 1. The summed E-state index contributed by atoms with van der Waals surface area (Å²) in [5.41, 5.74) is 4.73. The zero-order valence-electron chi connectivity index (χ0n) is 22.7. The van der Waals surface area contributed by atoms with E-state index in [1.807, 2.05) is 47.0 Å². The first-order chi connectivity index (χ1) is 19.1. The van der Waals surface area contributed by atoms with Crippen molar-refractivity contribution in [2.75, 3.05) is 66.0 Å². The van der Waals surface area contributed by atoms with E-state index in [0.717, 1.165) is 66.7 Å². The summed E-state index contributed by atoms with van der Waals surface area (Å²) in [7, 11) is 4.95. The Labute approximate surface area is 228 Å². The summed E-state index contributed by atoms with van der Waals surface area (Å²) in [5, 5.41) is 18.1. The lowest BCUT2D eigenvalue weighted by Gasteiger charge is -2.35. The van der Waals surface area contributed by atoms with Crippen molar-refractivity contribution in [3.05, 3.63) is 66.4 Å². The van der Waals surface area contributed by atoms with Gasteiger partial charge in [-0.05, 0) is 42.0 Å². The molecular formula is C29H36N6O4. The second-order valence-electron chi connectivity index (χ2n) is 9.68. The molecule has 1 aliphatic rings. The van der Waals surface area contributed by atoms with Crippen LogP contribution in [0.4, 0.5) is 11.6 Å². The fraction of sp³-hybridized carbons (Fsp3) is 0.379. The Bertz CT molecular complexity index is 1390. The van der Waals surface area contributed by atoms with Gasteiger partial charge in [-0.2, -0.15) is 0 Å². The van der Waals surface area contributed by atoms with Gasteiger partial charge in [0.05, 0.1) is 50.0 Å². The van der Waals surface area contributed by atoms with Crippen molar-refractivity contribution in [3.63, 3.8) is 0 Å². The molecule has 0 bridgehead atoms. The Hall–Kier alpha value is -3.70. The van der Waals surface area contributed by atoms with Crippen LogP contribution in [0.3, 0.4) is 0 Å². The first kappa shape index (κ1) is 26.9.